The molecular weight excluding hydrogens is 188 g/mol. The number of nitrogens with zero attached hydrogens (tertiary/aromatic N) is 3. The standard InChI is InChI=1S/C11H12N4/c1-3-4-8-5-6-9-10(7-8)13-11(12-2)15-14-9/h3-7H,1-2H3,(H,12,13,15)/b4-3+. The zero-order chi connectivity index (χ0) is 10.7. The molecule has 0 aliphatic carbocycles. The molecule has 1 N–H and O–H groups in total. The van der Waals surface area contributed by atoms with Gasteiger partial charge in [0, 0.05) is 7.05 Å². The topological polar surface area (TPSA) is 50.7 Å². The SMILES string of the molecule is C/C=C/c1ccc2nnc(NC)nc2c1. The zero-order valence-electron chi connectivity index (χ0n) is 8.73. The highest BCUT2D eigenvalue weighted by molar-refractivity contribution is 5.77. The Hall–Kier alpha value is -1.97. The first-order chi connectivity index (χ1) is 7.33. The lowest BCUT2D eigenvalue weighted by atomic mass is 10.2. The lowest BCUT2D eigenvalue weighted by molar-refractivity contribution is 1.02. The minimum absolute atomic E-state index is 0.542. The van der Waals surface area contributed by atoms with Crippen LogP contribution in [0.15, 0.2) is 24.3 Å². The zero-order valence-corrected chi connectivity index (χ0v) is 8.73. The Balaban J connectivity index is 2.57. The van der Waals surface area contributed by atoms with Crippen LogP contribution in [0.1, 0.15) is 12.5 Å². The number of rotatable bonds is 2. The number of benzene rings is 1. The molecule has 0 spiro atoms. The smallest absolute Gasteiger partial charge is 0.243 e. The minimum Gasteiger partial charge on any atom is -0.356 e. The van der Waals surface area contributed by atoms with Crippen LogP contribution in [0, 0.1) is 0 Å². The van der Waals surface area contributed by atoms with Crippen molar-refractivity contribution in [3.63, 3.8) is 0 Å². The molecule has 0 saturated heterocycles. The summed E-state index contributed by atoms with van der Waals surface area (Å²) in [6.45, 7) is 1.99. The number of allylic oxidation sites excluding steroid dienone is 1. The van der Waals surface area contributed by atoms with E-state index in [2.05, 4.69) is 20.5 Å². The van der Waals surface area contributed by atoms with E-state index < -0.39 is 0 Å². The number of anilines is 1. The van der Waals surface area contributed by atoms with Crippen LogP contribution in [-0.2, 0) is 0 Å². The molecule has 0 bridgehead atoms. The van der Waals surface area contributed by atoms with E-state index in [1.807, 2.05) is 37.3 Å². The summed E-state index contributed by atoms with van der Waals surface area (Å²) in [5.74, 6) is 0.542. The molecule has 0 fully saturated rings. The van der Waals surface area contributed by atoms with Gasteiger partial charge in [-0.15, -0.1) is 10.2 Å². The van der Waals surface area contributed by atoms with Gasteiger partial charge >= 0.3 is 0 Å². The first-order valence-corrected chi connectivity index (χ1v) is 4.78. The summed E-state index contributed by atoms with van der Waals surface area (Å²) in [5.41, 5.74) is 2.78. The molecule has 2 rings (SSSR count). The highest BCUT2D eigenvalue weighted by Crippen LogP contribution is 2.13. The van der Waals surface area contributed by atoms with Gasteiger partial charge < -0.3 is 5.32 Å². The Bertz CT molecular complexity index is 505. The molecular formula is C11H12N4. The predicted octanol–water partition coefficient (Wildman–Crippen LogP) is 2.10. The van der Waals surface area contributed by atoms with Crippen LogP contribution < -0.4 is 5.32 Å². The van der Waals surface area contributed by atoms with Gasteiger partial charge in [-0.3, -0.25) is 0 Å². The van der Waals surface area contributed by atoms with E-state index in [1.165, 1.54) is 0 Å². The van der Waals surface area contributed by atoms with Crippen molar-refractivity contribution in [3.05, 3.63) is 29.8 Å². The van der Waals surface area contributed by atoms with Crippen LogP contribution in [0.2, 0.25) is 0 Å². The molecule has 76 valence electrons. The lowest BCUT2D eigenvalue weighted by Gasteiger charge is -2.00. The van der Waals surface area contributed by atoms with Crippen molar-refractivity contribution in [2.24, 2.45) is 0 Å². The summed E-state index contributed by atoms with van der Waals surface area (Å²) in [6, 6.07) is 5.91. The van der Waals surface area contributed by atoms with Gasteiger partial charge in [-0.25, -0.2) is 4.98 Å². The quantitative estimate of drug-likeness (QED) is 0.806. The molecule has 4 heteroatoms. The second-order valence-electron chi connectivity index (χ2n) is 3.13. The molecule has 1 heterocycles. The fourth-order valence-electron chi connectivity index (χ4n) is 1.35. The van der Waals surface area contributed by atoms with Crippen molar-refractivity contribution in [3.8, 4) is 0 Å². The van der Waals surface area contributed by atoms with Crippen molar-refractivity contribution in [1.29, 1.82) is 0 Å². The molecule has 2 aromatic rings. The summed E-state index contributed by atoms with van der Waals surface area (Å²) < 4.78 is 0. The average Bonchev–Trinajstić information content (AvgIpc) is 2.28. The fraction of sp³-hybridized carbons (Fsp3) is 0.182. The van der Waals surface area contributed by atoms with E-state index >= 15 is 0 Å². The maximum atomic E-state index is 4.32. The molecule has 0 atom stereocenters. The molecule has 0 amide bonds. The summed E-state index contributed by atoms with van der Waals surface area (Å²) in [5, 5.41) is 10.8. The number of fused-ring (bicyclic) bond motifs is 1. The third kappa shape index (κ3) is 1.93. The second-order valence-corrected chi connectivity index (χ2v) is 3.13. The van der Waals surface area contributed by atoms with E-state index in [-0.39, 0.29) is 0 Å². The van der Waals surface area contributed by atoms with Gasteiger partial charge in [0.1, 0.15) is 5.52 Å². The third-order valence-corrected chi connectivity index (χ3v) is 2.06. The van der Waals surface area contributed by atoms with Crippen LogP contribution in [-0.4, -0.2) is 22.2 Å². The minimum atomic E-state index is 0.542. The molecule has 15 heavy (non-hydrogen) atoms. The van der Waals surface area contributed by atoms with Gasteiger partial charge in [-0.2, -0.15) is 0 Å². The Labute approximate surface area is 88.1 Å². The van der Waals surface area contributed by atoms with Crippen LogP contribution in [0.25, 0.3) is 17.1 Å². The molecule has 0 unspecified atom stereocenters. The van der Waals surface area contributed by atoms with Crippen molar-refractivity contribution in [2.75, 3.05) is 12.4 Å². The van der Waals surface area contributed by atoms with Crippen LogP contribution >= 0.6 is 0 Å². The number of aromatic nitrogens is 3. The largest absolute Gasteiger partial charge is 0.356 e. The predicted molar refractivity (Wildman–Crippen MR) is 61.6 cm³/mol. The first kappa shape index (κ1) is 9.58. The molecule has 0 aliphatic rings. The van der Waals surface area contributed by atoms with Gasteiger partial charge in [0.2, 0.25) is 5.95 Å². The van der Waals surface area contributed by atoms with Crippen LogP contribution in [0.3, 0.4) is 0 Å². The number of hydrogen-bond acceptors (Lipinski definition) is 4. The second kappa shape index (κ2) is 4.04. The molecule has 0 radical (unpaired) electrons. The number of hydrogen-bond donors (Lipinski definition) is 1. The highest BCUT2D eigenvalue weighted by Gasteiger charge is 1.99. The van der Waals surface area contributed by atoms with E-state index in [9.17, 15) is 0 Å². The van der Waals surface area contributed by atoms with Crippen molar-refractivity contribution in [1.82, 2.24) is 15.2 Å². The Morgan fingerprint density at radius 1 is 1.20 bits per heavy atom. The summed E-state index contributed by atoms with van der Waals surface area (Å²) in [4.78, 5) is 4.32. The maximum Gasteiger partial charge on any atom is 0.243 e. The van der Waals surface area contributed by atoms with E-state index in [0.717, 1.165) is 16.6 Å². The van der Waals surface area contributed by atoms with Gasteiger partial charge in [-0.1, -0.05) is 18.2 Å². The van der Waals surface area contributed by atoms with Crippen molar-refractivity contribution in [2.45, 2.75) is 6.92 Å². The van der Waals surface area contributed by atoms with Crippen LogP contribution in [0.5, 0.6) is 0 Å². The number of nitrogens with one attached hydrogen (secondary N) is 1. The Morgan fingerprint density at radius 3 is 2.80 bits per heavy atom. The summed E-state index contributed by atoms with van der Waals surface area (Å²) in [6.07, 6.45) is 4.02. The van der Waals surface area contributed by atoms with Gasteiger partial charge in [0.15, 0.2) is 0 Å². The van der Waals surface area contributed by atoms with Crippen LogP contribution in [0.4, 0.5) is 5.95 Å². The van der Waals surface area contributed by atoms with Gasteiger partial charge in [-0.05, 0) is 24.6 Å². The van der Waals surface area contributed by atoms with Gasteiger partial charge in [0.25, 0.3) is 0 Å². The Morgan fingerprint density at radius 2 is 2.07 bits per heavy atom. The third-order valence-electron chi connectivity index (χ3n) is 2.06. The molecule has 0 aliphatic heterocycles. The maximum absolute atomic E-state index is 4.32. The van der Waals surface area contributed by atoms with E-state index in [4.69, 9.17) is 0 Å². The molecule has 1 aromatic carbocycles. The average molecular weight is 200 g/mol. The molecule has 1 aromatic heterocycles. The van der Waals surface area contributed by atoms with Crippen molar-refractivity contribution < 1.29 is 0 Å². The van der Waals surface area contributed by atoms with Crippen molar-refractivity contribution >= 4 is 23.1 Å². The highest BCUT2D eigenvalue weighted by atomic mass is 15.2. The first-order valence-electron chi connectivity index (χ1n) is 4.78. The van der Waals surface area contributed by atoms with Gasteiger partial charge in [0.05, 0.1) is 5.52 Å². The fourth-order valence-corrected chi connectivity index (χ4v) is 1.35. The summed E-state index contributed by atoms with van der Waals surface area (Å²) >= 11 is 0. The lowest BCUT2D eigenvalue weighted by Crippen LogP contribution is -1.98. The normalized spacial score (nSPS) is 11.1. The van der Waals surface area contributed by atoms with E-state index in [1.54, 1.807) is 7.05 Å². The Kier molecular flexibility index (Phi) is 2.58. The molecule has 0 saturated carbocycles. The molecule has 4 nitrogen and oxygen atoms in total. The van der Waals surface area contributed by atoms with E-state index in [0.29, 0.717) is 5.95 Å². The summed E-state index contributed by atoms with van der Waals surface area (Å²) in [7, 11) is 1.78. The monoisotopic (exact) mass is 200 g/mol.